The van der Waals surface area contributed by atoms with Gasteiger partial charge in [-0.3, -0.25) is 4.79 Å². The van der Waals surface area contributed by atoms with E-state index in [0.717, 1.165) is 18.3 Å². The molecule has 2 spiro atoms. The quantitative estimate of drug-likeness (QED) is 0.401. The lowest BCUT2D eigenvalue weighted by Crippen LogP contribution is -2.58. The Bertz CT molecular complexity index is 847. The Morgan fingerprint density at radius 3 is 2.28 bits per heavy atom. The van der Waals surface area contributed by atoms with Gasteiger partial charge < -0.3 is 0 Å². The van der Waals surface area contributed by atoms with Crippen LogP contribution in [-0.4, -0.2) is 5.78 Å². The second-order valence-corrected chi connectivity index (χ2v) is 14.7. The zero-order chi connectivity index (χ0) is 23.4. The Kier molecular flexibility index (Phi) is 4.89. The Morgan fingerprint density at radius 2 is 1.59 bits per heavy atom. The number of hydrogen-bond donors (Lipinski definition) is 0. The van der Waals surface area contributed by atoms with Crippen LogP contribution in [0, 0.1) is 50.2 Å². The van der Waals surface area contributed by atoms with Crippen LogP contribution in [0.2, 0.25) is 0 Å². The lowest BCUT2D eigenvalue weighted by Gasteiger charge is -2.64. The van der Waals surface area contributed by atoms with E-state index < -0.39 is 0 Å². The number of rotatable bonds is 4. The molecule has 5 saturated carbocycles. The SMILES string of the molecule is CC(C)=CCCC(C)C1(C)CCC2(C)C3CCC4C(C)(C)C(=O)CCC45CC35CCC12C. The van der Waals surface area contributed by atoms with Gasteiger partial charge in [0.05, 0.1) is 0 Å². The maximum Gasteiger partial charge on any atom is 0.138 e. The number of allylic oxidation sites excluding steroid dienone is 2. The summed E-state index contributed by atoms with van der Waals surface area (Å²) in [5.41, 5.74) is 3.85. The molecule has 32 heavy (non-hydrogen) atoms. The maximum atomic E-state index is 12.9. The molecule has 5 fully saturated rings. The molecule has 0 bridgehead atoms. The van der Waals surface area contributed by atoms with Crippen LogP contribution < -0.4 is 0 Å². The van der Waals surface area contributed by atoms with Gasteiger partial charge in [0.1, 0.15) is 5.78 Å². The Hall–Kier alpha value is -0.590. The van der Waals surface area contributed by atoms with Gasteiger partial charge in [-0.05, 0) is 123 Å². The largest absolute Gasteiger partial charge is 0.299 e. The van der Waals surface area contributed by atoms with E-state index in [1.54, 1.807) is 0 Å². The van der Waals surface area contributed by atoms with E-state index in [1.165, 1.54) is 69.8 Å². The number of Topliss-reactive ketones (excluding diaryl/α,β-unsaturated/α-hetero) is 1. The molecule has 0 aromatic rings. The molecule has 0 saturated heterocycles. The molecule has 180 valence electrons. The van der Waals surface area contributed by atoms with Crippen molar-refractivity contribution in [1.29, 1.82) is 0 Å². The molecule has 8 atom stereocenters. The molecule has 0 amide bonds. The highest BCUT2D eigenvalue weighted by molar-refractivity contribution is 5.86. The molecule has 0 aromatic heterocycles. The predicted molar refractivity (Wildman–Crippen MR) is 134 cm³/mol. The summed E-state index contributed by atoms with van der Waals surface area (Å²) in [5, 5.41) is 0. The molecule has 5 aliphatic carbocycles. The summed E-state index contributed by atoms with van der Waals surface area (Å²) in [7, 11) is 0. The molecule has 5 aliphatic rings. The summed E-state index contributed by atoms with van der Waals surface area (Å²) in [4.78, 5) is 12.9. The fourth-order valence-corrected chi connectivity index (χ4v) is 11.3. The fraction of sp³-hybridized carbons (Fsp3) is 0.903. The predicted octanol–water partition coefficient (Wildman–Crippen LogP) is 8.77. The number of fused-ring (bicyclic) bond motifs is 2. The Morgan fingerprint density at radius 1 is 0.938 bits per heavy atom. The van der Waals surface area contributed by atoms with Crippen LogP contribution >= 0.6 is 0 Å². The molecule has 0 aromatic carbocycles. The third kappa shape index (κ3) is 2.50. The highest BCUT2D eigenvalue weighted by Crippen LogP contribution is 2.89. The van der Waals surface area contributed by atoms with E-state index in [0.29, 0.717) is 38.8 Å². The van der Waals surface area contributed by atoms with E-state index in [1.807, 2.05) is 0 Å². The van der Waals surface area contributed by atoms with Crippen molar-refractivity contribution < 1.29 is 4.79 Å². The van der Waals surface area contributed by atoms with Crippen molar-refractivity contribution in [2.75, 3.05) is 0 Å². The first-order chi connectivity index (χ1) is 14.8. The van der Waals surface area contributed by atoms with E-state index in [4.69, 9.17) is 0 Å². The standard InChI is InChI=1S/C31H50O/c1-21(2)10-9-11-22(3)27(6)16-17-28(7)24-13-12-23-26(4,5)25(32)14-15-30(23)20-31(24,30)19-18-29(27,28)8/h10,22-24H,9,11-20H2,1-8H3. The average Bonchev–Trinajstić information content (AvgIpc) is 3.34. The maximum absolute atomic E-state index is 12.9. The van der Waals surface area contributed by atoms with E-state index >= 15 is 0 Å². The summed E-state index contributed by atoms with van der Waals surface area (Å²) >= 11 is 0. The van der Waals surface area contributed by atoms with Crippen LogP contribution in [0.1, 0.15) is 126 Å². The second-order valence-electron chi connectivity index (χ2n) is 14.7. The van der Waals surface area contributed by atoms with Crippen molar-refractivity contribution >= 4 is 5.78 Å². The monoisotopic (exact) mass is 438 g/mol. The highest BCUT2D eigenvalue weighted by Gasteiger charge is 2.83. The fourth-order valence-electron chi connectivity index (χ4n) is 11.3. The lowest BCUT2D eigenvalue weighted by molar-refractivity contribution is -0.167. The van der Waals surface area contributed by atoms with Crippen molar-refractivity contribution in [2.45, 2.75) is 126 Å². The zero-order valence-electron chi connectivity index (χ0n) is 22.5. The zero-order valence-corrected chi connectivity index (χ0v) is 22.5. The smallest absolute Gasteiger partial charge is 0.138 e. The molecule has 8 unspecified atom stereocenters. The van der Waals surface area contributed by atoms with Crippen LogP contribution in [0.3, 0.4) is 0 Å². The number of hydrogen-bond acceptors (Lipinski definition) is 1. The molecule has 1 nitrogen and oxygen atoms in total. The molecule has 1 heteroatoms. The first kappa shape index (κ1) is 23.2. The van der Waals surface area contributed by atoms with Gasteiger partial charge in [0.15, 0.2) is 0 Å². The molecule has 0 N–H and O–H groups in total. The summed E-state index contributed by atoms with van der Waals surface area (Å²) < 4.78 is 0. The van der Waals surface area contributed by atoms with Crippen molar-refractivity contribution in [3.05, 3.63) is 11.6 Å². The third-order valence-electron chi connectivity index (χ3n) is 13.7. The molecular formula is C31H50O. The van der Waals surface area contributed by atoms with Gasteiger partial charge in [0.25, 0.3) is 0 Å². The lowest BCUT2D eigenvalue weighted by atomic mass is 9.40. The summed E-state index contributed by atoms with van der Waals surface area (Å²) in [6.07, 6.45) is 17.0. The minimum Gasteiger partial charge on any atom is -0.299 e. The summed E-state index contributed by atoms with van der Waals surface area (Å²) in [6, 6.07) is 0. The molecule has 0 radical (unpaired) electrons. The van der Waals surface area contributed by atoms with Gasteiger partial charge in [0.2, 0.25) is 0 Å². The number of carbonyl (C=O) groups is 1. The van der Waals surface area contributed by atoms with Gasteiger partial charge in [-0.1, -0.05) is 53.2 Å². The number of ketones is 1. The Labute approximate surface area is 198 Å². The normalized spacial score (nSPS) is 51.7. The van der Waals surface area contributed by atoms with Crippen molar-refractivity contribution in [3.8, 4) is 0 Å². The van der Waals surface area contributed by atoms with Crippen LogP contribution in [-0.2, 0) is 4.79 Å². The minimum absolute atomic E-state index is 0.0853. The van der Waals surface area contributed by atoms with Gasteiger partial charge in [0, 0.05) is 11.8 Å². The van der Waals surface area contributed by atoms with E-state index in [2.05, 4.69) is 61.5 Å². The van der Waals surface area contributed by atoms with E-state index in [-0.39, 0.29) is 5.41 Å². The topological polar surface area (TPSA) is 17.1 Å². The Balaban J connectivity index is 1.45. The molecular weight excluding hydrogens is 388 g/mol. The summed E-state index contributed by atoms with van der Waals surface area (Å²) in [5.74, 6) is 2.88. The van der Waals surface area contributed by atoms with E-state index in [9.17, 15) is 4.79 Å². The average molecular weight is 439 g/mol. The van der Waals surface area contributed by atoms with Gasteiger partial charge in [-0.25, -0.2) is 0 Å². The third-order valence-corrected chi connectivity index (χ3v) is 13.7. The van der Waals surface area contributed by atoms with Gasteiger partial charge >= 0.3 is 0 Å². The first-order valence-electron chi connectivity index (χ1n) is 14.0. The van der Waals surface area contributed by atoms with Crippen molar-refractivity contribution in [3.63, 3.8) is 0 Å². The van der Waals surface area contributed by atoms with Crippen LogP contribution in [0.15, 0.2) is 11.6 Å². The number of carbonyl (C=O) groups excluding carboxylic acids is 1. The molecule has 0 heterocycles. The van der Waals surface area contributed by atoms with Crippen LogP contribution in [0.25, 0.3) is 0 Å². The molecule has 0 aliphatic heterocycles. The van der Waals surface area contributed by atoms with Crippen LogP contribution in [0.4, 0.5) is 0 Å². The van der Waals surface area contributed by atoms with Crippen molar-refractivity contribution in [1.82, 2.24) is 0 Å². The highest BCUT2D eigenvalue weighted by atomic mass is 16.1. The summed E-state index contributed by atoms with van der Waals surface area (Å²) in [6.45, 7) is 19.8. The minimum atomic E-state index is -0.0853. The second kappa shape index (κ2) is 6.75. The van der Waals surface area contributed by atoms with Gasteiger partial charge in [-0.15, -0.1) is 0 Å². The van der Waals surface area contributed by atoms with Crippen LogP contribution in [0.5, 0.6) is 0 Å². The molecule has 5 rings (SSSR count). The first-order valence-corrected chi connectivity index (χ1v) is 14.0. The van der Waals surface area contributed by atoms with Gasteiger partial charge in [-0.2, -0.15) is 0 Å². The van der Waals surface area contributed by atoms with Crippen molar-refractivity contribution in [2.24, 2.45) is 50.2 Å².